The Labute approximate surface area is 70.6 Å². The van der Waals surface area contributed by atoms with Crippen molar-refractivity contribution >= 4 is 0 Å². The molecule has 12 heavy (non-hydrogen) atoms. The van der Waals surface area contributed by atoms with E-state index < -0.39 is 25.2 Å². The second kappa shape index (κ2) is 5.42. The smallest absolute Gasteiger partial charge is 0.216 e. The van der Waals surface area contributed by atoms with Crippen LogP contribution in [0, 0.1) is 0 Å². The second-order valence-electron chi connectivity index (χ2n) is 2.46. The molecule has 0 aliphatic rings. The van der Waals surface area contributed by atoms with E-state index in [-0.39, 0.29) is 13.0 Å². The Bertz CT molecular complexity index is 122. The average molecular weight is 182 g/mol. The summed E-state index contributed by atoms with van der Waals surface area (Å²) >= 11 is 0. The highest BCUT2D eigenvalue weighted by molar-refractivity contribution is 4.74. The maximum Gasteiger partial charge on any atom is 0.216 e. The first-order chi connectivity index (χ1) is 5.60. The molecular weight excluding hydrogens is 167 g/mol. The molecule has 0 aromatic rings. The summed E-state index contributed by atoms with van der Waals surface area (Å²) in [5.41, 5.74) is 0. The summed E-state index contributed by atoms with van der Waals surface area (Å²) in [7, 11) is 0. The zero-order valence-electron chi connectivity index (χ0n) is 7.03. The summed E-state index contributed by atoms with van der Waals surface area (Å²) in [6.07, 6.45) is -0.974. The van der Waals surface area contributed by atoms with E-state index in [1.165, 1.54) is 0 Å². The van der Waals surface area contributed by atoms with Crippen molar-refractivity contribution < 1.29 is 24.4 Å². The lowest BCUT2D eigenvalue weighted by atomic mass is 10.1. The molecule has 0 amide bonds. The molecule has 0 saturated heterocycles. The van der Waals surface area contributed by atoms with Gasteiger partial charge in [-0.3, -0.25) is 0 Å². The first kappa shape index (κ1) is 11.8. The van der Waals surface area contributed by atoms with Crippen LogP contribution in [0.2, 0.25) is 0 Å². The van der Waals surface area contributed by atoms with Crippen LogP contribution in [0.4, 0.5) is 4.39 Å². The number of hydrogen-bond donors (Lipinski definition) is 3. The van der Waals surface area contributed by atoms with Gasteiger partial charge in [-0.25, -0.2) is 4.39 Å². The van der Waals surface area contributed by atoms with Crippen LogP contribution in [0.15, 0.2) is 0 Å². The quantitative estimate of drug-likeness (QED) is 0.481. The van der Waals surface area contributed by atoms with Crippen LogP contribution in [-0.2, 0) is 4.74 Å². The molecule has 0 aromatic carbocycles. The molecule has 0 bridgehead atoms. The molecular formula is C7H15FO4. The minimum absolute atomic E-state index is 0.226. The fourth-order valence-electron chi connectivity index (χ4n) is 0.781. The van der Waals surface area contributed by atoms with Crippen LogP contribution < -0.4 is 0 Å². The van der Waals surface area contributed by atoms with Crippen molar-refractivity contribution in [3.63, 3.8) is 0 Å². The molecule has 0 rings (SSSR count). The topological polar surface area (TPSA) is 69.9 Å². The second-order valence-corrected chi connectivity index (χ2v) is 2.46. The number of rotatable bonds is 6. The monoisotopic (exact) mass is 182 g/mol. The molecule has 0 unspecified atom stereocenters. The molecule has 74 valence electrons. The Morgan fingerprint density at radius 3 is 2.50 bits per heavy atom. The first-order valence-electron chi connectivity index (χ1n) is 3.82. The van der Waals surface area contributed by atoms with E-state index in [0.29, 0.717) is 0 Å². The average Bonchev–Trinajstić information content (AvgIpc) is 2.12. The normalized spacial score (nSPS) is 18.8. The number of aliphatic hydroxyl groups is 3. The van der Waals surface area contributed by atoms with E-state index in [9.17, 15) is 9.50 Å². The van der Waals surface area contributed by atoms with Gasteiger partial charge in [-0.15, -0.1) is 0 Å². The summed E-state index contributed by atoms with van der Waals surface area (Å²) in [5.74, 6) is -2.03. The molecule has 0 heterocycles. The summed E-state index contributed by atoms with van der Waals surface area (Å²) in [6.45, 7) is -0.237. The van der Waals surface area contributed by atoms with Crippen LogP contribution in [0.5, 0.6) is 0 Å². The molecule has 4 nitrogen and oxygen atoms in total. The van der Waals surface area contributed by atoms with Gasteiger partial charge in [0.2, 0.25) is 5.79 Å². The van der Waals surface area contributed by atoms with Crippen molar-refractivity contribution in [3.8, 4) is 0 Å². The van der Waals surface area contributed by atoms with Gasteiger partial charge < -0.3 is 20.1 Å². The minimum atomic E-state index is -2.03. The molecule has 0 aromatic heterocycles. The molecule has 5 heteroatoms. The largest absolute Gasteiger partial charge is 0.391 e. The summed E-state index contributed by atoms with van der Waals surface area (Å²) in [5, 5.41) is 27.1. The Kier molecular flexibility index (Phi) is 5.32. The number of hydrogen-bond acceptors (Lipinski definition) is 4. The zero-order chi connectivity index (χ0) is 9.61. The van der Waals surface area contributed by atoms with Crippen molar-refractivity contribution in [1.82, 2.24) is 0 Å². The first-order valence-corrected chi connectivity index (χ1v) is 3.82. The summed E-state index contributed by atoms with van der Waals surface area (Å²) in [4.78, 5) is 0. The summed E-state index contributed by atoms with van der Waals surface area (Å²) in [6, 6.07) is 0. The van der Waals surface area contributed by atoms with Gasteiger partial charge in [-0.1, -0.05) is 6.92 Å². The maximum absolute atomic E-state index is 11.6. The van der Waals surface area contributed by atoms with Gasteiger partial charge in [0.25, 0.3) is 0 Å². The van der Waals surface area contributed by atoms with Crippen molar-refractivity contribution in [3.05, 3.63) is 0 Å². The Hall–Kier alpha value is -0.230. The predicted octanol–water partition coefficient (Wildman–Crippen LogP) is -0.576. The highest BCUT2D eigenvalue weighted by atomic mass is 19.1. The van der Waals surface area contributed by atoms with E-state index in [1.807, 2.05) is 0 Å². The zero-order valence-corrected chi connectivity index (χ0v) is 7.03. The standard InChI is InChI=1S/C7H15FO4/c1-2-6(10)7(11,5-9)12-4-3-8/h6,9-11H,2-5H2,1H3/t6-,7+/m0/s1. The number of alkyl halides is 1. The SMILES string of the molecule is CC[C@H](O)[C@@](O)(CO)OCCF. The fraction of sp³-hybridized carbons (Fsp3) is 1.00. The van der Waals surface area contributed by atoms with E-state index in [1.54, 1.807) is 6.92 Å². The Morgan fingerprint density at radius 2 is 2.17 bits per heavy atom. The van der Waals surface area contributed by atoms with Gasteiger partial charge in [0.05, 0.1) is 13.2 Å². The van der Waals surface area contributed by atoms with Crippen LogP contribution in [0.3, 0.4) is 0 Å². The molecule has 0 aliphatic heterocycles. The summed E-state index contributed by atoms with van der Waals surface area (Å²) < 4.78 is 16.2. The lowest BCUT2D eigenvalue weighted by Gasteiger charge is -2.29. The molecule has 0 radical (unpaired) electrons. The third kappa shape index (κ3) is 3.02. The fourth-order valence-corrected chi connectivity index (χ4v) is 0.781. The van der Waals surface area contributed by atoms with Crippen LogP contribution >= 0.6 is 0 Å². The molecule has 0 aliphatic carbocycles. The van der Waals surface area contributed by atoms with Gasteiger partial charge in [0.1, 0.15) is 12.8 Å². The maximum atomic E-state index is 11.6. The highest BCUT2D eigenvalue weighted by Gasteiger charge is 2.34. The Morgan fingerprint density at radius 1 is 1.58 bits per heavy atom. The van der Waals surface area contributed by atoms with E-state index in [4.69, 9.17) is 10.2 Å². The van der Waals surface area contributed by atoms with E-state index >= 15 is 0 Å². The molecule has 2 atom stereocenters. The number of ether oxygens (including phenoxy) is 1. The van der Waals surface area contributed by atoms with Crippen molar-refractivity contribution in [2.24, 2.45) is 0 Å². The molecule has 0 saturated carbocycles. The van der Waals surface area contributed by atoms with E-state index in [0.717, 1.165) is 0 Å². The Balaban J connectivity index is 4.03. The number of aliphatic hydroxyl groups excluding tert-OH is 2. The third-order valence-corrected chi connectivity index (χ3v) is 1.56. The van der Waals surface area contributed by atoms with Crippen molar-refractivity contribution in [1.29, 1.82) is 0 Å². The minimum Gasteiger partial charge on any atom is -0.391 e. The van der Waals surface area contributed by atoms with Gasteiger partial charge in [-0.05, 0) is 6.42 Å². The van der Waals surface area contributed by atoms with Crippen LogP contribution in [-0.4, -0.2) is 47.1 Å². The predicted molar refractivity (Wildman–Crippen MR) is 40.3 cm³/mol. The lowest BCUT2D eigenvalue weighted by molar-refractivity contribution is -0.273. The molecule has 0 fully saturated rings. The van der Waals surface area contributed by atoms with E-state index in [2.05, 4.69) is 4.74 Å². The highest BCUT2D eigenvalue weighted by Crippen LogP contribution is 2.14. The third-order valence-electron chi connectivity index (χ3n) is 1.56. The van der Waals surface area contributed by atoms with Crippen LogP contribution in [0.1, 0.15) is 13.3 Å². The van der Waals surface area contributed by atoms with Crippen molar-refractivity contribution in [2.75, 3.05) is 19.9 Å². The van der Waals surface area contributed by atoms with Gasteiger partial charge >= 0.3 is 0 Å². The van der Waals surface area contributed by atoms with Gasteiger partial charge in [0.15, 0.2) is 0 Å². The molecule has 0 spiro atoms. The van der Waals surface area contributed by atoms with Crippen molar-refractivity contribution in [2.45, 2.75) is 25.2 Å². The lowest BCUT2D eigenvalue weighted by Crippen LogP contribution is -2.48. The van der Waals surface area contributed by atoms with Crippen LogP contribution in [0.25, 0.3) is 0 Å². The van der Waals surface area contributed by atoms with Gasteiger partial charge in [0, 0.05) is 0 Å². The van der Waals surface area contributed by atoms with Gasteiger partial charge in [-0.2, -0.15) is 0 Å². The number of halogens is 1. The molecule has 3 N–H and O–H groups in total.